The number of benzene rings is 1. The fourth-order valence-corrected chi connectivity index (χ4v) is 4.53. The molecule has 2 fully saturated rings. The minimum atomic E-state index is -1.77. The van der Waals surface area contributed by atoms with E-state index in [1.165, 1.54) is 0 Å². The fraction of sp³-hybridized carbons (Fsp3) is 0.682. The van der Waals surface area contributed by atoms with Crippen molar-refractivity contribution in [3.8, 4) is 5.75 Å². The highest BCUT2D eigenvalue weighted by atomic mass is 16.7. The number of rotatable bonds is 7. The quantitative estimate of drug-likeness (QED) is 0.406. The molecule has 5 N–H and O–H groups in total. The first-order chi connectivity index (χ1) is 14.6. The molecule has 0 radical (unpaired) electrons. The molecule has 1 aromatic carbocycles. The molecule has 2 aliphatic rings. The maximum absolute atomic E-state index is 11.3. The number of hydrogen-bond acceptors (Lipinski definition) is 8. The van der Waals surface area contributed by atoms with E-state index in [0.29, 0.717) is 12.3 Å². The molecule has 9 heteroatoms. The van der Waals surface area contributed by atoms with Crippen LogP contribution in [0.2, 0.25) is 0 Å². The number of aliphatic hydroxyl groups is 4. The molecule has 31 heavy (non-hydrogen) atoms. The average molecular weight is 440 g/mol. The third-order valence-electron chi connectivity index (χ3n) is 6.26. The van der Waals surface area contributed by atoms with Gasteiger partial charge in [-0.25, -0.2) is 4.79 Å². The van der Waals surface area contributed by atoms with Crippen LogP contribution in [-0.2, 0) is 9.53 Å². The minimum Gasteiger partial charge on any atom is -0.479 e. The van der Waals surface area contributed by atoms with Gasteiger partial charge in [-0.15, -0.1) is 0 Å². The normalized spacial score (nSPS) is 31.9. The molecular formula is C22H33NO8. The predicted octanol–water partition coefficient (Wildman–Crippen LogP) is 0.298. The van der Waals surface area contributed by atoms with Gasteiger partial charge in [0.15, 0.2) is 6.10 Å². The topological polar surface area (TPSA) is 140 Å². The SMILES string of the molecule is CN(C)CC(c1ccc(O[C@@H]2O[C@H](C(=O)O)[C@@H](O)[C@H](O)[C@H]2O)cc1)C1(O)CCCCC1. The fourth-order valence-electron chi connectivity index (χ4n) is 4.53. The third-order valence-corrected chi connectivity index (χ3v) is 6.26. The van der Waals surface area contributed by atoms with Crippen molar-refractivity contribution in [2.45, 2.75) is 74.3 Å². The summed E-state index contributed by atoms with van der Waals surface area (Å²) in [5.74, 6) is -1.24. The van der Waals surface area contributed by atoms with Gasteiger partial charge >= 0.3 is 5.97 Å². The highest BCUT2D eigenvalue weighted by Gasteiger charge is 2.48. The van der Waals surface area contributed by atoms with Crippen LogP contribution in [-0.4, -0.2) is 93.3 Å². The Morgan fingerprint density at radius 1 is 1.10 bits per heavy atom. The van der Waals surface area contributed by atoms with Crippen LogP contribution in [0.3, 0.4) is 0 Å². The molecule has 6 atom stereocenters. The van der Waals surface area contributed by atoms with Crippen LogP contribution in [0.1, 0.15) is 43.6 Å². The molecule has 1 saturated carbocycles. The smallest absolute Gasteiger partial charge is 0.335 e. The maximum Gasteiger partial charge on any atom is 0.335 e. The molecule has 0 amide bonds. The van der Waals surface area contributed by atoms with E-state index in [2.05, 4.69) is 0 Å². The second-order valence-corrected chi connectivity index (χ2v) is 8.90. The molecule has 1 aliphatic heterocycles. The molecular weight excluding hydrogens is 406 g/mol. The second-order valence-electron chi connectivity index (χ2n) is 8.90. The molecule has 1 unspecified atom stereocenters. The van der Waals surface area contributed by atoms with Crippen LogP contribution in [0.5, 0.6) is 5.75 Å². The molecule has 174 valence electrons. The summed E-state index contributed by atoms with van der Waals surface area (Å²) in [6, 6.07) is 7.00. The molecule has 1 aromatic rings. The van der Waals surface area contributed by atoms with Crippen molar-refractivity contribution in [2.24, 2.45) is 0 Å². The zero-order valence-corrected chi connectivity index (χ0v) is 17.9. The summed E-state index contributed by atoms with van der Waals surface area (Å²) in [5.41, 5.74) is 0.178. The van der Waals surface area contributed by atoms with Gasteiger partial charge in [0.1, 0.15) is 24.1 Å². The number of carbonyl (C=O) groups is 1. The summed E-state index contributed by atoms with van der Waals surface area (Å²) in [6.45, 7) is 0.686. The van der Waals surface area contributed by atoms with Crippen molar-refractivity contribution in [3.05, 3.63) is 29.8 Å². The lowest BCUT2D eigenvalue weighted by Gasteiger charge is -2.41. The Morgan fingerprint density at radius 3 is 2.26 bits per heavy atom. The highest BCUT2D eigenvalue weighted by molar-refractivity contribution is 5.73. The number of likely N-dealkylation sites (N-methyl/N-ethyl adjacent to an activating group) is 1. The van der Waals surface area contributed by atoms with Crippen molar-refractivity contribution < 1.29 is 39.8 Å². The summed E-state index contributed by atoms with van der Waals surface area (Å²) < 4.78 is 10.7. The maximum atomic E-state index is 11.3. The molecule has 0 bridgehead atoms. The number of aliphatic carboxylic acids is 1. The van der Waals surface area contributed by atoms with Gasteiger partial charge in [-0.1, -0.05) is 31.4 Å². The van der Waals surface area contributed by atoms with E-state index in [9.17, 15) is 25.2 Å². The van der Waals surface area contributed by atoms with Crippen molar-refractivity contribution in [3.63, 3.8) is 0 Å². The number of ether oxygens (including phenoxy) is 2. The Bertz CT molecular complexity index is 734. The van der Waals surface area contributed by atoms with E-state index in [-0.39, 0.29) is 5.92 Å². The zero-order valence-electron chi connectivity index (χ0n) is 17.9. The molecule has 3 rings (SSSR count). The standard InChI is InChI=1S/C22H33NO8/c1-23(2)12-15(22(29)10-4-3-5-11-22)13-6-8-14(9-7-13)30-21-18(26)16(24)17(25)19(31-21)20(27)28/h6-9,15-19,21,24-26,29H,3-5,10-12H2,1-2H3,(H,27,28)/t15?,16-,17-,18+,19-,21+/m0/s1. The largest absolute Gasteiger partial charge is 0.479 e. The lowest BCUT2D eigenvalue weighted by Crippen LogP contribution is -2.61. The molecule has 0 aromatic heterocycles. The van der Waals surface area contributed by atoms with E-state index >= 15 is 0 Å². The van der Waals surface area contributed by atoms with Gasteiger partial charge in [-0.2, -0.15) is 0 Å². The van der Waals surface area contributed by atoms with E-state index in [4.69, 9.17) is 14.6 Å². The predicted molar refractivity (Wildman–Crippen MR) is 111 cm³/mol. The van der Waals surface area contributed by atoms with Crippen LogP contribution in [0.15, 0.2) is 24.3 Å². The average Bonchev–Trinajstić information content (AvgIpc) is 2.73. The van der Waals surface area contributed by atoms with Crippen LogP contribution in [0.25, 0.3) is 0 Å². The van der Waals surface area contributed by atoms with E-state index in [1.54, 1.807) is 12.1 Å². The minimum absolute atomic E-state index is 0.0817. The van der Waals surface area contributed by atoms with Crippen LogP contribution >= 0.6 is 0 Å². The van der Waals surface area contributed by atoms with Gasteiger partial charge in [0.05, 0.1) is 5.60 Å². The van der Waals surface area contributed by atoms with Crippen molar-refractivity contribution in [1.29, 1.82) is 0 Å². The first-order valence-electron chi connectivity index (χ1n) is 10.7. The van der Waals surface area contributed by atoms with Gasteiger partial charge in [0, 0.05) is 12.5 Å². The van der Waals surface area contributed by atoms with Gasteiger partial charge in [-0.05, 0) is 44.6 Å². The number of hydrogen-bond donors (Lipinski definition) is 5. The summed E-state index contributed by atoms with van der Waals surface area (Å²) >= 11 is 0. The Balaban J connectivity index is 1.75. The second kappa shape index (κ2) is 9.81. The number of carboxylic acids is 1. The summed E-state index contributed by atoms with van der Waals surface area (Å²) in [5, 5.41) is 50.3. The van der Waals surface area contributed by atoms with Gasteiger partial charge in [0.2, 0.25) is 6.29 Å². The monoisotopic (exact) mass is 439 g/mol. The third kappa shape index (κ3) is 5.36. The van der Waals surface area contributed by atoms with Crippen LogP contribution in [0.4, 0.5) is 0 Å². The van der Waals surface area contributed by atoms with Crippen LogP contribution < -0.4 is 4.74 Å². The van der Waals surface area contributed by atoms with E-state index in [0.717, 1.165) is 37.7 Å². The van der Waals surface area contributed by atoms with Gasteiger partial charge in [0.25, 0.3) is 0 Å². The number of carboxylic acid groups (broad SMARTS) is 1. The summed E-state index contributed by atoms with van der Waals surface area (Å²) in [7, 11) is 3.94. The molecule has 9 nitrogen and oxygen atoms in total. The Hall–Kier alpha value is -1.75. The first-order valence-corrected chi connectivity index (χ1v) is 10.7. The van der Waals surface area contributed by atoms with Crippen molar-refractivity contribution in [2.75, 3.05) is 20.6 Å². The lowest BCUT2D eigenvalue weighted by atomic mass is 9.72. The Labute approximate surface area is 181 Å². The molecule has 1 heterocycles. The molecule has 0 spiro atoms. The van der Waals surface area contributed by atoms with Gasteiger partial charge in [-0.3, -0.25) is 0 Å². The zero-order chi connectivity index (χ0) is 22.8. The van der Waals surface area contributed by atoms with Crippen molar-refractivity contribution in [1.82, 2.24) is 4.90 Å². The summed E-state index contributed by atoms with van der Waals surface area (Å²) in [6.07, 6.45) is -3.64. The van der Waals surface area contributed by atoms with E-state index in [1.807, 2.05) is 31.1 Å². The van der Waals surface area contributed by atoms with E-state index < -0.39 is 42.3 Å². The highest BCUT2D eigenvalue weighted by Crippen LogP contribution is 2.40. The lowest BCUT2D eigenvalue weighted by molar-refractivity contribution is -0.271. The van der Waals surface area contributed by atoms with Gasteiger partial charge < -0.3 is 39.9 Å². The number of aliphatic hydroxyl groups excluding tert-OH is 3. The Kier molecular flexibility index (Phi) is 7.56. The number of nitrogens with zero attached hydrogens (tertiary/aromatic N) is 1. The molecule has 1 aliphatic carbocycles. The van der Waals surface area contributed by atoms with Crippen molar-refractivity contribution >= 4 is 5.97 Å². The Morgan fingerprint density at radius 2 is 1.71 bits per heavy atom. The van der Waals surface area contributed by atoms with Crippen LogP contribution in [0, 0.1) is 0 Å². The first kappa shape index (κ1) is 23.9. The molecule has 1 saturated heterocycles. The summed E-state index contributed by atoms with van der Waals surface area (Å²) in [4.78, 5) is 13.3.